The van der Waals surface area contributed by atoms with Crippen molar-refractivity contribution < 1.29 is 14.6 Å². The van der Waals surface area contributed by atoms with Crippen molar-refractivity contribution in [2.45, 2.75) is 44.8 Å². The Hall–Kier alpha value is -0.650. The molecule has 2 saturated heterocycles. The number of aliphatic hydroxyl groups excluding tert-OH is 1. The largest absolute Gasteiger partial charge is 0.396 e. The van der Waals surface area contributed by atoms with Crippen molar-refractivity contribution in [2.24, 2.45) is 23.0 Å². The van der Waals surface area contributed by atoms with E-state index in [1.807, 2.05) is 4.90 Å². The van der Waals surface area contributed by atoms with Gasteiger partial charge < -0.3 is 20.5 Å². The second kappa shape index (κ2) is 4.68. The van der Waals surface area contributed by atoms with Gasteiger partial charge in [0.25, 0.3) is 0 Å². The van der Waals surface area contributed by atoms with Crippen LogP contribution in [0.5, 0.6) is 0 Å². The molecule has 0 aromatic heterocycles. The molecule has 0 spiro atoms. The zero-order valence-corrected chi connectivity index (χ0v) is 12.5. The summed E-state index contributed by atoms with van der Waals surface area (Å²) >= 11 is 0. The summed E-state index contributed by atoms with van der Waals surface area (Å²) in [5.41, 5.74) is 5.52. The fourth-order valence-electron chi connectivity index (χ4n) is 4.40. The van der Waals surface area contributed by atoms with Gasteiger partial charge in [0.1, 0.15) is 5.54 Å². The molecule has 0 aromatic carbocycles. The number of rotatable bonds is 2. The van der Waals surface area contributed by atoms with Crippen molar-refractivity contribution in [1.82, 2.24) is 4.90 Å². The van der Waals surface area contributed by atoms with Crippen LogP contribution in [0, 0.1) is 17.3 Å². The van der Waals surface area contributed by atoms with Crippen LogP contribution in [0.1, 0.15) is 33.1 Å². The molecule has 3 unspecified atom stereocenters. The maximum absolute atomic E-state index is 12.9. The van der Waals surface area contributed by atoms with Gasteiger partial charge in [-0.3, -0.25) is 4.79 Å². The molecular weight excluding hydrogens is 256 g/mol. The number of nitrogens with two attached hydrogens (primary N) is 1. The monoisotopic (exact) mass is 282 g/mol. The van der Waals surface area contributed by atoms with Crippen LogP contribution in [0.25, 0.3) is 0 Å². The van der Waals surface area contributed by atoms with E-state index in [-0.39, 0.29) is 30.0 Å². The molecule has 0 radical (unpaired) electrons. The third-order valence-corrected chi connectivity index (χ3v) is 5.97. The molecule has 5 heteroatoms. The van der Waals surface area contributed by atoms with E-state index in [1.54, 1.807) is 0 Å². The Morgan fingerprint density at radius 2 is 2.00 bits per heavy atom. The van der Waals surface area contributed by atoms with Crippen molar-refractivity contribution in [3.63, 3.8) is 0 Å². The average molecular weight is 282 g/mol. The lowest BCUT2D eigenvalue weighted by molar-refractivity contribution is -0.185. The molecule has 3 atom stereocenters. The van der Waals surface area contributed by atoms with Gasteiger partial charge in [-0.15, -0.1) is 0 Å². The number of likely N-dealkylation sites (tertiary alicyclic amines) is 1. The minimum Gasteiger partial charge on any atom is -0.396 e. The Labute approximate surface area is 120 Å². The van der Waals surface area contributed by atoms with E-state index in [0.717, 1.165) is 39.0 Å². The van der Waals surface area contributed by atoms with E-state index < -0.39 is 5.54 Å². The first-order valence-electron chi connectivity index (χ1n) is 7.73. The van der Waals surface area contributed by atoms with E-state index in [9.17, 15) is 9.90 Å². The molecule has 20 heavy (non-hydrogen) atoms. The number of piperidine rings is 1. The second-order valence-electron chi connectivity index (χ2n) is 7.20. The number of carbonyl (C=O) groups is 1. The molecule has 1 saturated carbocycles. The number of hydrogen-bond acceptors (Lipinski definition) is 4. The van der Waals surface area contributed by atoms with Gasteiger partial charge >= 0.3 is 0 Å². The van der Waals surface area contributed by atoms with Crippen LogP contribution in [0.15, 0.2) is 0 Å². The summed E-state index contributed by atoms with van der Waals surface area (Å²) in [6, 6.07) is 0. The third-order valence-electron chi connectivity index (χ3n) is 5.97. The van der Waals surface area contributed by atoms with Crippen LogP contribution in [-0.2, 0) is 9.53 Å². The lowest BCUT2D eigenvalue weighted by Gasteiger charge is -2.62. The Kier molecular flexibility index (Phi) is 3.35. The topological polar surface area (TPSA) is 75.8 Å². The van der Waals surface area contributed by atoms with Crippen LogP contribution >= 0.6 is 0 Å². The van der Waals surface area contributed by atoms with Gasteiger partial charge in [0.2, 0.25) is 5.91 Å². The molecule has 2 aliphatic heterocycles. The van der Waals surface area contributed by atoms with Crippen LogP contribution in [0.2, 0.25) is 0 Å². The molecule has 0 bridgehead atoms. The van der Waals surface area contributed by atoms with Crippen LogP contribution in [0.3, 0.4) is 0 Å². The van der Waals surface area contributed by atoms with Crippen LogP contribution < -0.4 is 5.73 Å². The van der Waals surface area contributed by atoms with Gasteiger partial charge in [-0.05, 0) is 25.2 Å². The van der Waals surface area contributed by atoms with Crippen molar-refractivity contribution in [1.29, 1.82) is 0 Å². The second-order valence-corrected chi connectivity index (χ2v) is 7.20. The first-order chi connectivity index (χ1) is 9.42. The Balaban J connectivity index is 1.74. The van der Waals surface area contributed by atoms with Crippen LogP contribution in [-0.4, -0.2) is 53.9 Å². The highest BCUT2D eigenvalue weighted by Gasteiger charge is 2.71. The summed E-state index contributed by atoms with van der Waals surface area (Å²) in [6.07, 6.45) is 2.78. The predicted octanol–water partition coefficient (Wildman–Crippen LogP) is 0.360. The molecule has 114 valence electrons. The number of carbonyl (C=O) groups excluding carboxylic acids is 1. The van der Waals surface area contributed by atoms with Gasteiger partial charge in [0.05, 0.1) is 6.10 Å². The van der Waals surface area contributed by atoms with E-state index in [1.165, 1.54) is 0 Å². The molecular formula is C15H26N2O3. The fraction of sp³-hybridized carbons (Fsp3) is 0.933. The number of amides is 1. The number of fused-ring (bicyclic) bond motifs is 1. The van der Waals surface area contributed by atoms with Gasteiger partial charge in [-0.25, -0.2) is 0 Å². The van der Waals surface area contributed by atoms with E-state index in [4.69, 9.17) is 10.5 Å². The number of hydrogen-bond donors (Lipinski definition) is 2. The maximum atomic E-state index is 12.9. The average Bonchev–Trinajstić information content (AvgIpc) is 2.94. The standard InChI is InChI=1S/C15H26N2O3/c1-14(2)12-11(5-8-20-12)15(14,16)13(19)17-6-3-10(9-18)4-7-17/h10-12,18H,3-9,16H2,1-2H3. The van der Waals surface area contributed by atoms with Crippen molar-refractivity contribution in [3.05, 3.63) is 0 Å². The molecule has 3 fully saturated rings. The third kappa shape index (κ3) is 1.69. The molecule has 0 aromatic rings. The molecule has 1 amide bonds. The smallest absolute Gasteiger partial charge is 0.243 e. The lowest BCUT2D eigenvalue weighted by atomic mass is 9.47. The van der Waals surface area contributed by atoms with Gasteiger partial charge in [-0.1, -0.05) is 13.8 Å². The highest BCUT2D eigenvalue weighted by molar-refractivity contribution is 5.89. The van der Waals surface area contributed by atoms with Crippen LogP contribution in [0.4, 0.5) is 0 Å². The quantitative estimate of drug-likeness (QED) is 0.767. The highest BCUT2D eigenvalue weighted by atomic mass is 16.5. The number of nitrogens with zero attached hydrogens (tertiary/aromatic N) is 1. The number of aliphatic hydroxyl groups is 1. The minimum atomic E-state index is -0.778. The van der Waals surface area contributed by atoms with E-state index >= 15 is 0 Å². The summed E-state index contributed by atoms with van der Waals surface area (Å²) < 4.78 is 5.75. The predicted molar refractivity (Wildman–Crippen MR) is 74.9 cm³/mol. The summed E-state index contributed by atoms with van der Waals surface area (Å²) in [6.45, 7) is 6.49. The molecule has 5 nitrogen and oxygen atoms in total. The Morgan fingerprint density at radius 3 is 2.60 bits per heavy atom. The Bertz CT molecular complexity index is 404. The normalized spacial score (nSPS) is 40.3. The summed E-state index contributed by atoms with van der Waals surface area (Å²) in [5, 5.41) is 9.19. The maximum Gasteiger partial charge on any atom is 0.243 e. The molecule has 1 aliphatic carbocycles. The van der Waals surface area contributed by atoms with Crippen molar-refractivity contribution in [2.75, 3.05) is 26.3 Å². The van der Waals surface area contributed by atoms with Gasteiger partial charge in [0.15, 0.2) is 0 Å². The zero-order chi connectivity index (χ0) is 14.5. The van der Waals surface area contributed by atoms with Gasteiger partial charge in [0, 0.05) is 37.6 Å². The molecule has 3 rings (SSSR count). The van der Waals surface area contributed by atoms with Crippen molar-refractivity contribution in [3.8, 4) is 0 Å². The molecule has 2 heterocycles. The lowest BCUT2D eigenvalue weighted by Crippen LogP contribution is -2.80. The first kappa shape index (κ1) is 14.3. The van der Waals surface area contributed by atoms with Gasteiger partial charge in [-0.2, -0.15) is 0 Å². The SMILES string of the molecule is CC1(C)C2OCCC2C1(N)C(=O)N1CCC(CO)CC1. The first-order valence-corrected chi connectivity index (χ1v) is 7.73. The minimum absolute atomic E-state index is 0.0886. The number of ether oxygens (including phenoxy) is 1. The summed E-state index contributed by atoms with van der Waals surface area (Å²) in [4.78, 5) is 14.8. The zero-order valence-electron chi connectivity index (χ0n) is 12.5. The summed E-state index contributed by atoms with van der Waals surface area (Å²) in [5.74, 6) is 0.593. The van der Waals surface area contributed by atoms with E-state index in [2.05, 4.69) is 13.8 Å². The fourth-order valence-corrected chi connectivity index (χ4v) is 4.40. The van der Waals surface area contributed by atoms with Crippen molar-refractivity contribution >= 4 is 5.91 Å². The van der Waals surface area contributed by atoms with E-state index in [0.29, 0.717) is 5.92 Å². The Morgan fingerprint density at radius 1 is 1.35 bits per heavy atom. The highest BCUT2D eigenvalue weighted by Crippen LogP contribution is 2.58. The molecule has 3 aliphatic rings. The summed E-state index contributed by atoms with van der Waals surface area (Å²) in [7, 11) is 0. The molecule has 3 N–H and O–H groups in total.